The fourth-order valence-corrected chi connectivity index (χ4v) is 3.02. The van der Waals surface area contributed by atoms with Gasteiger partial charge >= 0.3 is 0 Å². The Kier molecular flexibility index (Phi) is 6.14. The van der Waals surface area contributed by atoms with E-state index in [0.29, 0.717) is 18.7 Å². The van der Waals surface area contributed by atoms with E-state index >= 15 is 0 Å². The molecule has 0 aliphatic rings. The Balaban J connectivity index is 2.68. The Morgan fingerprint density at radius 2 is 1.95 bits per heavy atom. The molecule has 0 aliphatic carbocycles. The molecule has 0 heterocycles. The third-order valence-corrected chi connectivity index (χ3v) is 4.93. The van der Waals surface area contributed by atoms with Gasteiger partial charge in [-0.15, -0.1) is 0 Å². The first-order valence-electron chi connectivity index (χ1n) is 6.33. The van der Waals surface area contributed by atoms with Crippen LogP contribution in [0.25, 0.3) is 0 Å². The second kappa shape index (κ2) is 7.39. The molecule has 0 aromatic heterocycles. The Morgan fingerprint density at radius 3 is 2.45 bits per heavy atom. The Labute approximate surface area is 120 Å². The van der Waals surface area contributed by atoms with Gasteiger partial charge in [0.1, 0.15) is 0 Å². The standard InChI is InChI=1S/C14H20N2O3S/c1-12(11-19-3)16(2)8-9-20(17,18)14-6-4-13(10-15)5-7-14/h4-7,12H,8-9,11H2,1-3H3. The van der Waals surface area contributed by atoms with E-state index in [1.165, 1.54) is 24.3 Å². The largest absolute Gasteiger partial charge is 0.383 e. The Bertz CT molecular complexity index is 561. The van der Waals surface area contributed by atoms with Crippen molar-refractivity contribution in [3.8, 4) is 6.07 Å². The van der Waals surface area contributed by atoms with Crippen molar-refractivity contribution in [2.45, 2.75) is 17.9 Å². The van der Waals surface area contributed by atoms with E-state index in [4.69, 9.17) is 10.00 Å². The Hall–Kier alpha value is -1.42. The minimum Gasteiger partial charge on any atom is -0.383 e. The highest BCUT2D eigenvalue weighted by molar-refractivity contribution is 7.91. The number of nitrogens with zero attached hydrogens (tertiary/aromatic N) is 2. The van der Waals surface area contributed by atoms with Crippen molar-refractivity contribution < 1.29 is 13.2 Å². The molecule has 1 unspecified atom stereocenters. The van der Waals surface area contributed by atoms with Gasteiger partial charge in [0.25, 0.3) is 0 Å². The number of likely N-dealkylation sites (N-methyl/N-ethyl adjacent to an activating group) is 1. The first-order valence-corrected chi connectivity index (χ1v) is 7.98. The van der Waals surface area contributed by atoms with E-state index in [-0.39, 0.29) is 16.7 Å². The molecule has 0 saturated heterocycles. The van der Waals surface area contributed by atoms with Gasteiger partial charge in [0, 0.05) is 19.7 Å². The number of benzene rings is 1. The first-order chi connectivity index (χ1) is 9.40. The lowest BCUT2D eigenvalue weighted by Crippen LogP contribution is -2.36. The molecule has 0 N–H and O–H groups in total. The predicted octanol–water partition coefficient (Wildman–Crippen LogP) is 1.30. The summed E-state index contributed by atoms with van der Waals surface area (Å²) < 4.78 is 29.4. The molecule has 0 bridgehead atoms. The van der Waals surface area contributed by atoms with Crippen LogP contribution in [0.4, 0.5) is 0 Å². The summed E-state index contributed by atoms with van der Waals surface area (Å²) in [5.74, 6) is 0.0451. The summed E-state index contributed by atoms with van der Waals surface area (Å²) in [7, 11) is 0.175. The van der Waals surface area contributed by atoms with Crippen LogP contribution in [0.3, 0.4) is 0 Å². The molecule has 0 amide bonds. The molecule has 1 aromatic rings. The van der Waals surface area contributed by atoms with Crippen LogP contribution in [0.15, 0.2) is 29.2 Å². The van der Waals surface area contributed by atoms with Crippen LogP contribution in [0.1, 0.15) is 12.5 Å². The lowest BCUT2D eigenvalue weighted by Gasteiger charge is -2.23. The molecule has 0 saturated carbocycles. The monoisotopic (exact) mass is 296 g/mol. The van der Waals surface area contributed by atoms with Crippen molar-refractivity contribution in [2.24, 2.45) is 0 Å². The minimum atomic E-state index is -3.32. The maximum Gasteiger partial charge on any atom is 0.179 e. The summed E-state index contributed by atoms with van der Waals surface area (Å²) in [5.41, 5.74) is 0.454. The van der Waals surface area contributed by atoms with Gasteiger partial charge in [0.05, 0.1) is 28.9 Å². The summed E-state index contributed by atoms with van der Waals surface area (Å²) >= 11 is 0. The number of rotatable bonds is 7. The molecule has 1 rings (SSSR count). The van der Waals surface area contributed by atoms with Crippen LogP contribution in [-0.2, 0) is 14.6 Å². The summed E-state index contributed by atoms with van der Waals surface area (Å²) in [6.07, 6.45) is 0. The summed E-state index contributed by atoms with van der Waals surface area (Å²) in [6.45, 7) is 2.98. The third kappa shape index (κ3) is 4.60. The number of nitriles is 1. The molecular formula is C14H20N2O3S. The van der Waals surface area contributed by atoms with Crippen molar-refractivity contribution in [3.05, 3.63) is 29.8 Å². The van der Waals surface area contributed by atoms with E-state index in [0.717, 1.165) is 0 Å². The molecule has 6 heteroatoms. The molecule has 0 aliphatic heterocycles. The van der Waals surface area contributed by atoms with Gasteiger partial charge in [-0.25, -0.2) is 8.42 Å². The average Bonchev–Trinajstić information content (AvgIpc) is 2.45. The van der Waals surface area contributed by atoms with Gasteiger partial charge in [-0.05, 0) is 38.2 Å². The lowest BCUT2D eigenvalue weighted by molar-refractivity contribution is 0.119. The zero-order valence-electron chi connectivity index (χ0n) is 12.0. The second-order valence-corrected chi connectivity index (χ2v) is 6.85. The molecule has 0 fully saturated rings. The fraction of sp³-hybridized carbons (Fsp3) is 0.500. The SMILES string of the molecule is COCC(C)N(C)CCS(=O)(=O)c1ccc(C#N)cc1. The van der Waals surface area contributed by atoms with Crippen molar-refractivity contribution >= 4 is 9.84 Å². The van der Waals surface area contributed by atoms with Crippen LogP contribution in [0, 0.1) is 11.3 Å². The van der Waals surface area contributed by atoms with Crippen molar-refractivity contribution in [1.82, 2.24) is 4.90 Å². The van der Waals surface area contributed by atoms with Crippen molar-refractivity contribution in [1.29, 1.82) is 5.26 Å². The number of hydrogen-bond donors (Lipinski definition) is 0. The van der Waals surface area contributed by atoms with Gasteiger partial charge in [-0.3, -0.25) is 0 Å². The number of ether oxygens (including phenoxy) is 1. The highest BCUT2D eigenvalue weighted by atomic mass is 32.2. The molecular weight excluding hydrogens is 276 g/mol. The van der Waals surface area contributed by atoms with Gasteiger partial charge in [-0.2, -0.15) is 5.26 Å². The highest BCUT2D eigenvalue weighted by Crippen LogP contribution is 2.12. The molecule has 1 atom stereocenters. The smallest absolute Gasteiger partial charge is 0.179 e. The van der Waals surface area contributed by atoms with Crippen LogP contribution in [0.2, 0.25) is 0 Å². The second-order valence-electron chi connectivity index (χ2n) is 4.74. The molecule has 1 aromatic carbocycles. The quantitative estimate of drug-likeness (QED) is 0.758. The highest BCUT2D eigenvalue weighted by Gasteiger charge is 2.17. The molecule has 5 nitrogen and oxygen atoms in total. The van der Waals surface area contributed by atoms with Gasteiger partial charge < -0.3 is 9.64 Å². The lowest BCUT2D eigenvalue weighted by atomic mass is 10.2. The maximum absolute atomic E-state index is 12.2. The number of sulfone groups is 1. The van der Waals surface area contributed by atoms with Crippen molar-refractivity contribution in [3.63, 3.8) is 0 Å². The topological polar surface area (TPSA) is 70.4 Å². The van der Waals surface area contributed by atoms with Gasteiger partial charge in [0.2, 0.25) is 0 Å². The van der Waals surface area contributed by atoms with Crippen LogP contribution < -0.4 is 0 Å². The average molecular weight is 296 g/mol. The van der Waals surface area contributed by atoms with E-state index in [2.05, 4.69) is 0 Å². The van der Waals surface area contributed by atoms with E-state index < -0.39 is 9.84 Å². The predicted molar refractivity (Wildman–Crippen MR) is 77.2 cm³/mol. The summed E-state index contributed by atoms with van der Waals surface area (Å²) in [5, 5.41) is 8.70. The Morgan fingerprint density at radius 1 is 1.35 bits per heavy atom. The molecule has 110 valence electrons. The first kappa shape index (κ1) is 16.6. The van der Waals surface area contributed by atoms with E-state index in [1.807, 2.05) is 24.9 Å². The normalized spacial score (nSPS) is 13.2. The zero-order valence-corrected chi connectivity index (χ0v) is 12.9. The molecule has 0 spiro atoms. The minimum absolute atomic E-state index is 0.0451. The summed E-state index contributed by atoms with van der Waals surface area (Å²) in [4.78, 5) is 2.20. The maximum atomic E-state index is 12.2. The van der Waals surface area contributed by atoms with Gasteiger partial charge in [0.15, 0.2) is 9.84 Å². The number of methoxy groups -OCH3 is 1. The van der Waals surface area contributed by atoms with Crippen LogP contribution in [-0.4, -0.2) is 52.4 Å². The van der Waals surface area contributed by atoms with Gasteiger partial charge in [-0.1, -0.05) is 0 Å². The fourth-order valence-electron chi connectivity index (χ4n) is 1.71. The van der Waals surface area contributed by atoms with Crippen LogP contribution in [0.5, 0.6) is 0 Å². The zero-order chi connectivity index (χ0) is 15.2. The van der Waals surface area contributed by atoms with E-state index in [9.17, 15) is 8.42 Å². The van der Waals surface area contributed by atoms with Crippen LogP contribution >= 0.6 is 0 Å². The molecule has 0 radical (unpaired) electrons. The van der Waals surface area contributed by atoms with E-state index in [1.54, 1.807) is 7.11 Å². The summed E-state index contributed by atoms with van der Waals surface area (Å²) in [6, 6.07) is 8.12. The van der Waals surface area contributed by atoms with Crippen molar-refractivity contribution in [2.75, 3.05) is 33.1 Å². The third-order valence-electron chi connectivity index (χ3n) is 3.22. The number of hydrogen-bond acceptors (Lipinski definition) is 5. The molecule has 20 heavy (non-hydrogen) atoms.